The molecule has 2 fully saturated rings. The number of nitrogens with one attached hydrogen (secondary N) is 1. The third kappa shape index (κ3) is 3.32. The lowest BCUT2D eigenvalue weighted by Crippen LogP contribution is -2.60. The minimum absolute atomic E-state index is 0.0854. The van der Waals surface area contributed by atoms with E-state index in [-0.39, 0.29) is 24.0 Å². The van der Waals surface area contributed by atoms with Crippen LogP contribution < -0.4 is 5.32 Å². The Labute approximate surface area is 107 Å². The fourth-order valence-electron chi connectivity index (χ4n) is 2.35. The van der Waals surface area contributed by atoms with Crippen molar-refractivity contribution >= 4 is 11.8 Å². The molecule has 2 aliphatic heterocycles. The number of nitrogens with zero attached hydrogens (tertiary/aromatic N) is 1. The van der Waals surface area contributed by atoms with Gasteiger partial charge in [-0.25, -0.2) is 0 Å². The van der Waals surface area contributed by atoms with Gasteiger partial charge in [0.05, 0.1) is 12.1 Å². The molecule has 0 aromatic carbocycles. The summed E-state index contributed by atoms with van der Waals surface area (Å²) in [5, 5.41) is 2.77. The highest BCUT2D eigenvalue weighted by Gasteiger charge is 2.31. The van der Waals surface area contributed by atoms with Crippen molar-refractivity contribution in [3.63, 3.8) is 0 Å². The van der Waals surface area contributed by atoms with Crippen LogP contribution in [0.25, 0.3) is 0 Å². The summed E-state index contributed by atoms with van der Waals surface area (Å²) in [6.45, 7) is 5.45. The standard InChI is InChI=1S/C13H20N2O3/c1-2-12(16)14-10-8-15(9-10)13(17)6-5-11-4-3-7-18-11/h2,10-11H,1,3-9H2,(H,14,16)/t11-/m1/s1. The first-order chi connectivity index (χ1) is 8.69. The number of rotatable bonds is 5. The SMILES string of the molecule is C=CC(=O)NC1CN(C(=O)CC[C@H]2CCCO2)C1. The zero-order chi connectivity index (χ0) is 13.0. The molecule has 0 radical (unpaired) electrons. The Morgan fingerprint density at radius 3 is 2.83 bits per heavy atom. The molecule has 5 heteroatoms. The van der Waals surface area contributed by atoms with E-state index in [2.05, 4.69) is 11.9 Å². The number of hydrogen-bond donors (Lipinski definition) is 1. The van der Waals surface area contributed by atoms with Gasteiger partial charge in [-0.05, 0) is 25.3 Å². The summed E-state index contributed by atoms with van der Waals surface area (Å²) in [6, 6.07) is 0.0854. The van der Waals surface area contributed by atoms with Crippen LogP contribution in [0.4, 0.5) is 0 Å². The van der Waals surface area contributed by atoms with E-state index >= 15 is 0 Å². The van der Waals surface area contributed by atoms with Gasteiger partial charge in [0.1, 0.15) is 0 Å². The number of hydrogen-bond acceptors (Lipinski definition) is 3. The monoisotopic (exact) mass is 252 g/mol. The molecule has 0 saturated carbocycles. The number of amides is 2. The first-order valence-corrected chi connectivity index (χ1v) is 6.51. The molecule has 100 valence electrons. The van der Waals surface area contributed by atoms with Crippen LogP contribution in [0.15, 0.2) is 12.7 Å². The van der Waals surface area contributed by atoms with E-state index in [1.165, 1.54) is 6.08 Å². The van der Waals surface area contributed by atoms with E-state index in [1.54, 1.807) is 4.90 Å². The molecule has 1 N–H and O–H groups in total. The highest BCUT2D eigenvalue weighted by atomic mass is 16.5. The summed E-state index contributed by atoms with van der Waals surface area (Å²) in [7, 11) is 0. The van der Waals surface area contributed by atoms with Gasteiger partial charge in [0.15, 0.2) is 0 Å². The largest absolute Gasteiger partial charge is 0.378 e. The van der Waals surface area contributed by atoms with E-state index in [0.717, 1.165) is 25.9 Å². The van der Waals surface area contributed by atoms with Crippen LogP contribution >= 0.6 is 0 Å². The van der Waals surface area contributed by atoms with Gasteiger partial charge in [-0.3, -0.25) is 9.59 Å². The lowest BCUT2D eigenvalue weighted by atomic mass is 10.1. The first-order valence-electron chi connectivity index (χ1n) is 6.51. The van der Waals surface area contributed by atoms with Crippen molar-refractivity contribution in [1.29, 1.82) is 0 Å². The molecule has 0 bridgehead atoms. The second-order valence-electron chi connectivity index (χ2n) is 4.88. The van der Waals surface area contributed by atoms with Crippen molar-refractivity contribution in [2.24, 2.45) is 0 Å². The molecule has 2 saturated heterocycles. The van der Waals surface area contributed by atoms with Crippen molar-refractivity contribution in [3.05, 3.63) is 12.7 Å². The molecular weight excluding hydrogens is 232 g/mol. The Bertz CT molecular complexity index is 331. The molecule has 18 heavy (non-hydrogen) atoms. The van der Waals surface area contributed by atoms with Crippen LogP contribution in [-0.2, 0) is 14.3 Å². The smallest absolute Gasteiger partial charge is 0.243 e. The van der Waals surface area contributed by atoms with Gasteiger partial charge in [-0.15, -0.1) is 0 Å². The van der Waals surface area contributed by atoms with Gasteiger partial charge in [-0.1, -0.05) is 6.58 Å². The number of ether oxygens (including phenoxy) is 1. The Morgan fingerprint density at radius 1 is 1.44 bits per heavy atom. The lowest BCUT2D eigenvalue weighted by Gasteiger charge is -2.39. The maximum absolute atomic E-state index is 11.8. The molecule has 2 heterocycles. The summed E-state index contributed by atoms with van der Waals surface area (Å²) >= 11 is 0. The van der Waals surface area contributed by atoms with E-state index in [4.69, 9.17) is 4.74 Å². The van der Waals surface area contributed by atoms with Gasteiger partial charge in [0.2, 0.25) is 11.8 Å². The molecule has 0 spiro atoms. The van der Waals surface area contributed by atoms with E-state index in [9.17, 15) is 9.59 Å². The van der Waals surface area contributed by atoms with Crippen molar-refractivity contribution in [2.45, 2.75) is 37.8 Å². The Hall–Kier alpha value is -1.36. The molecule has 0 aromatic heterocycles. The van der Waals surface area contributed by atoms with Crippen molar-refractivity contribution in [2.75, 3.05) is 19.7 Å². The zero-order valence-electron chi connectivity index (χ0n) is 10.6. The molecule has 2 aliphatic rings. The van der Waals surface area contributed by atoms with Crippen LogP contribution in [0.3, 0.4) is 0 Å². The van der Waals surface area contributed by atoms with Gasteiger partial charge >= 0.3 is 0 Å². The maximum Gasteiger partial charge on any atom is 0.243 e. The molecule has 1 atom stereocenters. The van der Waals surface area contributed by atoms with Crippen LogP contribution in [-0.4, -0.2) is 48.6 Å². The minimum atomic E-state index is -0.175. The zero-order valence-corrected chi connectivity index (χ0v) is 10.6. The fraction of sp³-hybridized carbons (Fsp3) is 0.692. The molecule has 0 unspecified atom stereocenters. The minimum Gasteiger partial charge on any atom is -0.378 e. The summed E-state index contributed by atoms with van der Waals surface area (Å²) in [4.78, 5) is 24.6. The van der Waals surface area contributed by atoms with Crippen LogP contribution in [0.1, 0.15) is 25.7 Å². The van der Waals surface area contributed by atoms with Crippen molar-refractivity contribution < 1.29 is 14.3 Å². The van der Waals surface area contributed by atoms with Crippen molar-refractivity contribution in [1.82, 2.24) is 10.2 Å². The third-order valence-electron chi connectivity index (χ3n) is 3.47. The Kier molecular flexibility index (Phi) is 4.36. The van der Waals surface area contributed by atoms with Crippen molar-refractivity contribution in [3.8, 4) is 0 Å². The molecular formula is C13H20N2O3. The van der Waals surface area contributed by atoms with Crippen LogP contribution in [0, 0.1) is 0 Å². The first kappa shape index (κ1) is 13.1. The number of carbonyl (C=O) groups excluding carboxylic acids is 2. The predicted octanol–water partition coefficient (Wildman–Crippen LogP) is 0.459. The van der Waals surface area contributed by atoms with Crippen LogP contribution in [0.2, 0.25) is 0 Å². The van der Waals surface area contributed by atoms with Crippen LogP contribution in [0.5, 0.6) is 0 Å². The average molecular weight is 252 g/mol. The molecule has 0 aromatic rings. The summed E-state index contributed by atoms with van der Waals surface area (Å²) in [6.07, 6.45) is 5.07. The van der Waals surface area contributed by atoms with E-state index in [1.807, 2.05) is 0 Å². The number of carbonyl (C=O) groups is 2. The predicted molar refractivity (Wildman–Crippen MR) is 66.9 cm³/mol. The quantitative estimate of drug-likeness (QED) is 0.723. The van der Waals surface area contributed by atoms with Gasteiger partial charge in [0.25, 0.3) is 0 Å². The maximum atomic E-state index is 11.8. The van der Waals surface area contributed by atoms with Gasteiger partial charge in [-0.2, -0.15) is 0 Å². The second kappa shape index (κ2) is 6.00. The summed E-state index contributed by atoms with van der Waals surface area (Å²) in [5.74, 6) is -0.0129. The topological polar surface area (TPSA) is 58.6 Å². The Balaban J connectivity index is 1.60. The van der Waals surface area contributed by atoms with E-state index < -0.39 is 0 Å². The van der Waals surface area contributed by atoms with Gasteiger partial charge in [0, 0.05) is 26.1 Å². The lowest BCUT2D eigenvalue weighted by molar-refractivity contribution is -0.138. The molecule has 2 rings (SSSR count). The molecule has 2 amide bonds. The fourth-order valence-corrected chi connectivity index (χ4v) is 2.35. The highest BCUT2D eigenvalue weighted by molar-refractivity contribution is 5.87. The third-order valence-corrected chi connectivity index (χ3v) is 3.47. The van der Waals surface area contributed by atoms with E-state index in [0.29, 0.717) is 19.5 Å². The Morgan fingerprint density at radius 2 is 2.22 bits per heavy atom. The summed E-state index contributed by atoms with van der Waals surface area (Å²) < 4.78 is 5.48. The number of likely N-dealkylation sites (tertiary alicyclic amines) is 1. The second-order valence-corrected chi connectivity index (χ2v) is 4.88. The van der Waals surface area contributed by atoms with Gasteiger partial charge < -0.3 is 15.0 Å². The molecule has 5 nitrogen and oxygen atoms in total. The molecule has 0 aliphatic carbocycles. The summed E-state index contributed by atoms with van der Waals surface area (Å²) in [5.41, 5.74) is 0. The average Bonchev–Trinajstić information content (AvgIpc) is 2.82. The highest BCUT2D eigenvalue weighted by Crippen LogP contribution is 2.18. The normalized spacial score (nSPS) is 23.6.